The fourth-order valence-electron chi connectivity index (χ4n) is 1.99. The molecule has 0 saturated heterocycles. The van der Waals surface area contributed by atoms with Crippen molar-refractivity contribution in [2.75, 3.05) is 7.05 Å². The highest BCUT2D eigenvalue weighted by molar-refractivity contribution is 9.11. The van der Waals surface area contributed by atoms with Gasteiger partial charge in [0, 0.05) is 23.3 Å². The lowest BCUT2D eigenvalue weighted by Gasteiger charge is -2.11. The summed E-state index contributed by atoms with van der Waals surface area (Å²) >= 11 is 5.29. The third kappa shape index (κ3) is 3.21. The van der Waals surface area contributed by atoms with Crippen LogP contribution in [0.4, 0.5) is 0 Å². The van der Waals surface area contributed by atoms with Gasteiger partial charge in [0.05, 0.1) is 10.3 Å². The van der Waals surface area contributed by atoms with Crippen LogP contribution in [0.15, 0.2) is 34.4 Å². The molecule has 0 fully saturated rings. The quantitative estimate of drug-likeness (QED) is 0.882. The third-order valence-corrected chi connectivity index (χ3v) is 4.51. The molecule has 0 bridgehead atoms. The van der Waals surface area contributed by atoms with E-state index in [0.717, 1.165) is 13.0 Å². The van der Waals surface area contributed by atoms with Crippen molar-refractivity contribution in [1.82, 2.24) is 9.88 Å². The van der Waals surface area contributed by atoms with Crippen molar-refractivity contribution in [3.05, 3.63) is 44.8 Å². The first-order chi connectivity index (χ1) is 8.22. The molecule has 17 heavy (non-hydrogen) atoms. The average molecular weight is 313 g/mol. The van der Waals surface area contributed by atoms with Crippen LogP contribution in [0.1, 0.15) is 29.8 Å². The van der Waals surface area contributed by atoms with Gasteiger partial charge in [0.15, 0.2) is 0 Å². The summed E-state index contributed by atoms with van der Waals surface area (Å²) in [5.41, 5.74) is 1.37. The van der Waals surface area contributed by atoms with Crippen molar-refractivity contribution < 1.29 is 0 Å². The molecule has 2 aromatic rings. The van der Waals surface area contributed by atoms with Crippen molar-refractivity contribution in [1.29, 1.82) is 0 Å². The predicted molar refractivity (Wildman–Crippen MR) is 77.6 cm³/mol. The summed E-state index contributed by atoms with van der Waals surface area (Å²) in [5, 5.41) is 3.33. The molecule has 0 radical (unpaired) electrons. The Morgan fingerprint density at radius 3 is 2.82 bits per heavy atom. The monoisotopic (exact) mass is 312 g/mol. The number of nitrogens with zero attached hydrogens (tertiary/aromatic N) is 1. The summed E-state index contributed by atoms with van der Waals surface area (Å²) in [6, 6.07) is 6.94. The van der Waals surface area contributed by atoms with E-state index >= 15 is 0 Å². The summed E-state index contributed by atoms with van der Waals surface area (Å²) in [5.74, 6) is 0. The number of nitrogens with one attached hydrogen (secondary N) is 1. The van der Waals surface area contributed by atoms with Crippen LogP contribution in [-0.2, 0) is 6.54 Å². The van der Waals surface area contributed by atoms with Gasteiger partial charge < -0.3 is 9.88 Å². The van der Waals surface area contributed by atoms with Gasteiger partial charge in [-0.1, -0.05) is 6.92 Å². The van der Waals surface area contributed by atoms with Crippen molar-refractivity contribution in [2.24, 2.45) is 0 Å². The molecular weight excluding hydrogens is 296 g/mol. The smallest absolute Gasteiger partial charge is 0.0702 e. The first-order valence-corrected chi connectivity index (χ1v) is 7.41. The Kier molecular flexibility index (Phi) is 4.42. The number of thiophene rings is 1. The van der Waals surface area contributed by atoms with Gasteiger partial charge in [-0.15, -0.1) is 11.3 Å². The van der Waals surface area contributed by atoms with E-state index < -0.39 is 0 Å². The van der Waals surface area contributed by atoms with Crippen LogP contribution in [0.3, 0.4) is 0 Å². The third-order valence-electron chi connectivity index (χ3n) is 2.90. The van der Waals surface area contributed by atoms with Crippen LogP contribution in [0.2, 0.25) is 0 Å². The fourth-order valence-corrected chi connectivity index (χ4v) is 3.48. The molecule has 92 valence electrons. The summed E-state index contributed by atoms with van der Waals surface area (Å²) in [6.07, 6.45) is 5.51. The lowest BCUT2D eigenvalue weighted by atomic mass is 10.1. The van der Waals surface area contributed by atoms with E-state index in [0.29, 0.717) is 6.04 Å². The van der Waals surface area contributed by atoms with Gasteiger partial charge in [-0.2, -0.15) is 0 Å². The Morgan fingerprint density at radius 2 is 2.24 bits per heavy atom. The van der Waals surface area contributed by atoms with Crippen molar-refractivity contribution in [3.63, 3.8) is 0 Å². The van der Waals surface area contributed by atoms with Gasteiger partial charge in [0.25, 0.3) is 0 Å². The van der Waals surface area contributed by atoms with Gasteiger partial charge in [-0.05, 0) is 53.2 Å². The van der Waals surface area contributed by atoms with E-state index in [1.54, 1.807) is 11.3 Å². The SMILES string of the molecule is CCC(NC)c1ccn(Cc2ccc(Br)s2)c1. The lowest BCUT2D eigenvalue weighted by Crippen LogP contribution is -2.14. The molecule has 1 unspecified atom stereocenters. The molecule has 0 aliphatic heterocycles. The highest BCUT2D eigenvalue weighted by Gasteiger charge is 2.08. The molecule has 0 amide bonds. The van der Waals surface area contributed by atoms with Gasteiger partial charge in [0.1, 0.15) is 0 Å². The zero-order valence-electron chi connectivity index (χ0n) is 10.1. The molecule has 0 saturated carbocycles. The summed E-state index contributed by atoms with van der Waals surface area (Å²) < 4.78 is 3.44. The molecule has 1 atom stereocenters. The van der Waals surface area contributed by atoms with Gasteiger partial charge in [0.2, 0.25) is 0 Å². The maximum Gasteiger partial charge on any atom is 0.0702 e. The summed E-state index contributed by atoms with van der Waals surface area (Å²) in [4.78, 5) is 1.37. The van der Waals surface area contributed by atoms with Crippen LogP contribution in [0.25, 0.3) is 0 Å². The minimum Gasteiger partial charge on any atom is -0.349 e. The molecule has 2 rings (SSSR count). The van der Waals surface area contributed by atoms with Gasteiger partial charge in [-0.3, -0.25) is 0 Å². The molecule has 0 aliphatic carbocycles. The second kappa shape index (κ2) is 5.85. The number of hydrogen-bond donors (Lipinski definition) is 1. The Bertz CT molecular complexity index is 471. The molecule has 1 N–H and O–H groups in total. The Labute approximate surface area is 115 Å². The van der Waals surface area contributed by atoms with E-state index in [4.69, 9.17) is 0 Å². The van der Waals surface area contributed by atoms with Gasteiger partial charge in [-0.25, -0.2) is 0 Å². The topological polar surface area (TPSA) is 17.0 Å². The van der Waals surface area contributed by atoms with E-state index in [1.165, 1.54) is 14.2 Å². The summed E-state index contributed by atoms with van der Waals surface area (Å²) in [6.45, 7) is 3.16. The Morgan fingerprint density at radius 1 is 1.41 bits per heavy atom. The second-order valence-electron chi connectivity index (χ2n) is 4.07. The van der Waals surface area contributed by atoms with Crippen molar-refractivity contribution in [3.8, 4) is 0 Å². The molecule has 2 nitrogen and oxygen atoms in total. The zero-order valence-corrected chi connectivity index (χ0v) is 12.5. The molecule has 0 spiro atoms. The molecular formula is C13H17BrN2S. The molecule has 4 heteroatoms. The minimum atomic E-state index is 0.464. The van der Waals surface area contributed by atoms with E-state index in [1.807, 2.05) is 7.05 Å². The lowest BCUT2D eigenvalue weighted by molar-refractivity contribution is 0.575. The van der Waals surface area contributed by atoms with Crippen LogP contribution in [0, 0.1) is 0 Å². The van der Waals surface area contributed by atoms with Crippen LogP contribution in [0.5, 0.6) is 0 Å². The summed E-state index contributed by atoms with van der Waals surface area (Å²) in [7, 11) is 2.02. The van der Waals surface area contributed by atoms with Crippen LogP contribution < -0.4 is 5.32 Å². The first-order valence-electron chi connectivity index (χ1n) is 5.80. The first kappa shape index (κ1) is 12.9. The number of rotatable bonds is 5. The molecule has 2 heterocycles. The van der Waals surface area contributed by atoms with Crippen LogP contribution >= 0.6 is 27.3 Å². The molecule has 2 aromatic heterocycles. The molecule has 0 aliphatic rings. The normalized spacial score (nSPS) is 12.9. The Hall–Kier alpha value is -0.580. The highest BCUT2D eigenvalue weighted by Crippen LogP contribution is 2.23. The average Bonchev–Trinajstić information content (AvgIpc) is 2.91. The van der Waals surface area contributed by atoms with E-state index in [2.05, 4.69) is 63.3 Å². The van der Waals surface area contributed by atoms with E-state index in [9.17, 15) is 0 Å². The van der Waals surface area contributed by atoms with Crippen LogP contribution in [-0.4, -0.2) is 11.6 Å². The predicted octanol–water partition coefficient (Wildman–Crippen LogP) is 4.03. The maximum atomic E-state index is 3.50. The number of hydrogen-bond acceptors (Lipinski definition) is 2. The molecule has 0 aromatic carbocycles. The Balaban J connectivity index is 2.08. The van der Waals surface area contributed by atoms with Gasteiger partial charge >= 0.3 is 0 Å². The minimum absolute atomic E-state index is 0.464. The van der Waals surface area contributed by atoms with Crippen molar-refractivity contribution in [2.45, 2.75) is 25.9 Å². The standard InChI is InChI=1S/C13H17BrN2S/c1-3-12(15-2)10-6-7-16(8-10)9-11-4-5-13(14)17-11/h4-8,12,15H,3,9H2,1-2H3. The highest BCUT2D eigenvalue weighted by atomic mass is 79.9. The largest absolute Gasteiger partial charge is 0.349 e. The van der Waals surface area contributed by atoms with Crippen molar-refractivity contribution >= 4 is 27.3 Å². The second-order valence-corrected chi connectivity index (χ2v) is 6.62. The number of halogens is 1. The number of aromatic nitrogens is 1. The zero-order chi connectivity index (χ0) is 12.3. The van der Waals surface area contributed by atoms with E-state index in [-0.39, 0.29) is 0 Å². The maximum absolute atomic E-state index is 3.50. The fraction of sp³-hybridized carbons (Fsp3) is 0.385.